The van der Waals surface area contributed by atoms with Crippen LogP contribution in [-0.2, 0) is 4.79 Å². The summed E-state index contributed by atoms with van der Waals surface area (Å²) in [6, 6.07) is 12.3. The number of hydrogen-bond acceptors (Lipinski definition) is 6. The van der Waals surface area contributed by atoms with Crippen molar-refractivity contribution < 1.29 is 9.59 Å². The lowest BCUT2D eigenvalue weighted by molar-refractivity contribution is -0.122. The maximum Gasteiger partial charge on any atom is 0.271 e. The largest absolute Gasteiger partial charge is 0.369 e. The maximum absolute atomic E-state index is 12.6. The summed E-state index contributed by atoms with van der Waals surface area (Å²) >= 11 is 0. The molecular weight excluding hydrogens is 418 g/mol. The van der Waals surface area contributed by atoms with Crippen LogP contribution in [0, 0.1) is 6.92 Å². The van der Waals surface area contributed by atoms with Gasteiger partial charge in [-0.25, -0.2) is 9.67 Å². The zero-order valence-electron chi connectivity index (χ0n) is 19.4. The van der Waals surface area contributed by atoms with Crippen molar-refractivity contribution in [1.29, 1.82) is 0 Å². The molecule has 1 aliphatic rings. The molecule has 0 radical (unpaired) electrons. The van der Waals surface area contributed by atoms with Crippen molar-refractivity contribution in [2.75, 3.05) is 37.6 Å². The van der Waals surface area contributed by atoms with Crippen LogP contribution >= 0.6 is 0 Å². The van der Waals surface area contributed by atoms with E-state index in [2.05, 4.69) is 55.0 Å². The van der Waals surface area contributed by atoms with E-state index in [1.807, 2.05) is 24.6 Å². The molecule has 1 aliphatic heterocycles. The summed E-state index contributed by atoms with van der Waals surface area (Å²) in [7, 11) is 0. The van der Waals surface area contributed by atoms with E-state index in [4.69, 9.17) is 0 Å². The summed E-state index contributed by atoms with van der Waals surface area (Å²) in [5, 5.41) is 5.14. The first-order chi connectivity index (χ1) is 15.9. The third-order valence-corrected chi connectivity index (χ3v) is 5.96. The number of piperazine rings is 1. The lowest BCUT2D eigenvalue weighted by Crippen LogP contribution is -2.48. The fourth-order valence-corrected chi connectivity index (χ4v) is 4.06. The number of aromatic nitrogens is 3. The Bertz CT molecular complexity index is 1120. The number of hydrazine groups is 1. The Balaban J connectivity index is 1.24. The van der Waals surface area contributed by atoms with Gasteiger partial charge in [-0.3, -0.25) is 25.3 Å². The first-order valence-corrected chi connectivity index (χ1v) is 11.4. The van der Waals surface area contributed by atoms with Gasteiger partial charge in [-0.15, -0.1) is 0 Å². The Morgan fingerprint density at radius 3 is 2.48 bits per heavy atom. The van der Waals surface area contributed by atoms with Crippen LogP contribution in [0.2, 0.25) is 0 Å². The summed E-state index contributed by atoms with van der Waals surface area (Å²) in [4.78, 5) is 34.1. The lowest BCUT2D eigenvalue weighted by atomic mass is 10.1. The second-order valence-corrected chi connectivity index (χ2v) is 8.63. The van der Waals surface area contributed by atoms with Gasteiger partial charge < -0.3 is 4.90 Å². The molecule has 1 saturated heterocycles. The number of hydrogen-bond donors (Lipinski definition) is 2. The molecule has 2 aromatic heterocycles. The van der Waals surface area contributed by atoms with Crippen molar-refractivity contribution in [2.45, 2.75) is 33.2 Å². The van der Waals surface area contributed by atoms with Gasteiger partial charge in [0.15, 0.2) is 5.65 Å². The molecule has 0 bridgehead atoms. The van der Waals surface area contributed by atoms with Crippen LogP contribution in [0.1, 0.15) is 42.4 Å². The number of amides is 2. The third kappa shape index (κ3) is 5.31. The molecule has 174 valence electrons. The van der Waals surface area contributed by atoms with Crippen LogP contribution in [0.25, 0.3) is 11.0 Å². The van der Waals surface area contributed by atoms with Gasteiger partial charge in [0.25, 0.3) is 5.91 Å². The van der Waals surface area contributed by atoms with E-state index >= 15 is 0 Å². The number of benzene rings is 1. The van der Waals surface area contributed by atoms with Gasteiger partial charge in [-0.2, -0.15) is 5.10 Å². The van der Waals surface area contributed by atoms with Gasteiger partial charge in [0.2, 0.25) is 5.91 Å². The Hall–Kier alpha value is -3.46. The average molecular weight is 450 g/mol. The van der Waals surface area contributed by atoms with Crippen molar-refractivity contribution in [2.24, 2.45) is 0 Å². The topological polar surface area (TPSA) is 95.4 Å². The molecule has 0 saturated carbocycles. The average Bonchev–Trinajstić information content (AvgIpc) is 3.24. The number of pyridine rings is 1. The molecule has 2 amide bonds. The SMILES string of the molecule is Cc1nc2c(cnn2C(C)C)cc1C(=O)NNC(=O)CCN1CCN(c2ccccc2)CC1. The fraction of sp³-hybridized carbons (Fsp3) is 0.417. The second kappa shape index (κ2) is 9.99. The molecule has 0 unspecified atom stereocenters. The van der Waals surface area contributed by atoms with E-state index in [9.17, 15) is 9.59 Å². The first kappa shape index (κ1) is 22.7. The fourth-order valence-electron chi connectivity index (χ4n) is 4.06. The highest BCUT2D eigenvalue weighted by molar-refractivity contribution is 5.99. The number of nitrogens with zero attached hydrogens (tertiary/aromatic N) is 5. The zero-order valence-corrected chi connectivity index (χ0v) is 19.4. The smallest absolute Gasteiger partial charge is 0.271 e. The lowest BCUT2D eigenvalue weighted by Gasteiger charge is -2.36. The van der Waals surface area contributed by atoms with Crippen LogP contribution in [0.5, 0.6) is 0 Å². The molecule has 0 aliphatic carbocycles. The molecule has 3 heterocycles. The molecule has 2 N–H and O–H groups in total. The quantitative estimate of drug-likeness (QED) is 0.561. The summed E-state index contributed by atoms with van der Waals surface area (Å²) in [5.41, 5.74) is 8.04. The highest BCUT2D eigenvalue weighted by atomic mass is 16.2. The van der Waals surface area contributed by atoms with Crippen molar-refractivity contribution >= 4 is 28.5 Å². The van der Waals surface area contributed by atoms with E-state index in [-0.39, 0.29) is 17.9 Å². The Morgan fingerprint density at radius 2 is 1.79 bits per heavy atom. The van der Waals surface area contributed by atoms with E-state index in [1.54, 1.807) is 19.2 Å². The van der Waals surface area contributed by atoms with Gasteiger partial charge in [-0.1, -0.05) is 18.2 Å². The minimum absolute atomic E-state index is 0.176. The number of aryl methyl sites for hydroxylation is 1. The predicted molar refractivity (Wildman–Crippen MR) is 128 cm³/mol. The van der Waals surface area contributed by atoms with Crippen molar-refractivity contribution in [1.82, 2.24) is 30.5 Å². The van der Waals surface area contributed by atoms with Gasteiger partial charge in [0.05, 0.1) is 17.5 Å². The number of rotatable bonds is 6. The van der Waals surface area contributed by atoms with Gasteiger partial charge in [0, 0.05) is 56.3 Å². The summed E-state index contributed by atoms with van der Waals surface area (Å²) in [5.74, 6) is -0.600. The van der Waals surface area contributed by atoms with Crippen LogP contribution in [0.4, 0.5) is 5.69 Å². The number of para-hydroxylation sites is 1. The molecule has 3 aromatic rings. The van der Waals surface area contributed by atoms with Crippen LogP contribution < -0.4 is 15.8 Å². The van der Waals surface area contributed by atoms with Gasteiger partial charge in [0.1, 0.15) is 0 Å². The van der Waals surface area contributed by atoms with E-state index in [1.165, 1.54) is 5.69 Å². The van der Waals surface area contributed by atoms with Crippen LogP contribution in [0.15, 0.2) is 42.6 Å². The Kier molecular flexibility index (Phi) is 6.88. The number of carbonyl (C=O) groups is 2. The molecule has 4 rings (SSSR count). The molecule has 0 spiro atoms. The number of carbonyl (C=O) groups excluding carboxylic acids is 2. The highest BCUT2D eigenvalue weighted by Crippen LogP contribution is 2.19. The Labute approximate surface area is 193 Å². The minimum atomic E-state index is -0.385. The molecular formula is C24H31N7O2. The van der Waals surface area contributed by atoms with Gasteiger partial charge >= 0.3 is 0 Å². The van der Waals surface area contributed by atoms with E-state index < -0.39 is 0 Å². The predicted octanol–water partition coefficient (Wildman–Crippen LogP) is 2.29. The molecule has 9 nitrogen and oxygen atoms in total. The number of anilines is 1. The first-order valence-electron chi connectivity index (χ1n) is 11.4. The standard InChI is InChI=1S/C24H31N7O2/c1-17(2)31-23-19(16-25-31)15-21(18(3)26-23)24(33)28-27-22(32)9-10-29-11-13-30(14-12-29)20-7-5-4-6-8-20/h4-8,15-17H,9-14H2,1-3H3,(H,27,32)(H,28,33). The van der Waals surface area contributed by atoms with Crippen molar-refractivity contribution in [3.05, 3.63) is 53.9 Å². The third-order valence-electron chi connectivity index (χ3n) is 5.96. The maximum atomic E-state index is 12.6. The summed E-state index contributed by atoms with van der Waals surface area (Å²) in [6.45, 7) is 10.2. The van der Waals surface area contributed by atoms with Crippen molar-refractivity contribution in [3.63, 3.8) is 0 Å². The zero-order chi connectivity index (χ0) is 23.4. The monoisotopic (exact) mass is 449 g/mol. The molecule has 33 heavy (non-hydrogen) atoms. The molecule has 1 aromatic carbocycles. The minimum Gasteiger partial charge on any atom is -0.369 e. The number of nitrogens with one attached hydrogen (secondary N) is 2. The second-order valence-electron chi connectivity index (χ2n) is 8.63. The molecule has 9 heteroatoms. The summed E-state index contributed by atoms with van der Waals surface area (Å²) < 4.78 is 1.82. The van der Waals surface area contributed by atoms with Gasteiger partial charge in [-0.05, 0) is 39.0 Å². The molecule has 0 atom stereocenters. The van der Waals surface area contributed by atoms with E-state index in [0.29, 0.717) is 24.2 Å². The van der Waals surface area contributed by atoms with Crippen LogP contribution in [-0.4, -0.2) is 64.2 Å². The Morgan fingerprint density at radius 1 is 1.06 bits per heavy atom. The van der Waals surface area contributed by atoms with E-state index in [0.717, 1.165) is 37.2 Å². The normalized spacial score (nSPS) is 14.6. The highest BCUT2D eigenvalue weighted by Gasteiger charge is 2.19. The number of fused-ring (bicyclic) bond motifs is 1. The summed E-state index contributed by atoms with van der Waals surface area (Å²) in [6.07, 6.45) is 2.03. The molecule has 1 fully saturated rings. The van der Waals surface area contributed by atoms with Crippen molar-refractivity contribution in [3.8, 4) is 0 Å². The van der Waals surface area contributed by atoms with Crippen LogP contribution in [0.3, 0.4) is 0 Å².